The van der Waals surface area contributed by atoms with Gasteiger partial charge in [-0.1, -0.05) is 6.42 Å². The van der Waals surface area contributed by atoms with Crippen LogP contribution in [0.3, 0.4) is 0 Å². The number of anilines is 2. The first-order chi connectivity index (χ1) is 9.15. The van der Waals surface area contributed by atoms with E-state index in [1.165, 1.54) is 13.2 Å². The lowest BCUT2D eigenvalue weighted by Crippen LogP contribution is -2.21. The molecule has 0 amide bonds. The molecule has 5 heteroatoms. The number of ether oxygens (including phenoxy) is 1. The van der Waals surface area contributed by atoms with Gasteiger partial charge in [-0.3, -0.25) is 0 Å². The SMILES string of the molecule is COc1cc(NCC2CCCC2CO)c(F)cc1N. The number of rotatable bonds is 5. The number of nitrogen functional groups attached to an aromatic ring is 1. The summed E-state index contributed by atoms with van der Waals surface area (Å²) in [6.07, 6.45) is 3.26. The lowest BCUT2D eigenvalue weighted by Gasteiger charge is -2.19. The molecule has 0 heterocycles. The van der Waals surface area contributed by atoms with E-state index in [2.05, 4.69) is 5.32 Å². The molecular formula is C14H21FN2O2. The molecule has 1 aromatic rings. The van der Waals surface area contributed by atoms with Gasteiger partial charge >= 0.3 is 0 Å². The molecule has 4 N–H and O–H groups in total. The van der Waals surface area contributed by atoms with E-state index >= 15 is 0 Å². The summed E-state index contributed by atoms with van der Waals surface area (Å²) >= 11 is 0. The van der Waals surface area contributed by atoms with Crippen molar-refractivity contribution < 1.29 is 14.2 Å². The van der Waals surface area contributed by atoms with Crippen molar-refractivity contribution in [3.63, 3.8) is 0 Å². The molecule has 1 saturated carbocycles. The zero-order valence-corrected chi connectivity index (χ0v) is 11.2. The van der Waals surface area contributed by atoms with Crippen LogP contribution in [0.15, 0.2) is 12.1 Å². The van der Waals surface area contributed by atoms with Crippen molar-refractivity contribution in [1.82, 2.24) is 0 Å². The number of aliphatic hydroxyl groups is 1. The Hall–Kier alpha value is -1.49. The molecule has 0 radical (unpaired) electrons. The third-order valence-corrected chi connectivity index (χ3v) is 3.93. The maximum atomic E-state index is 13.8. The number of nitrogens with two attached hydrogens (primary N) is 1. The fourth-order valence-electron chi connectivity index (χ4n) is 2.74. The third-order valence-electron chi connectivity index (χ3n) is 3.93. The van der Waals surface area contributed by atoms with Crippen LogP contribution in [-0.4, -0.2) is 25.4 Å². The zero-order chi connectivity index (χ0) is 13.8. The Bertz CT molecular complexity index is 440. The quantitative estimate of drug-likeness (QED) is 0.716. The molecule has 2 rings (SSSR count). The zero-order valence-electron chi connectivity index (χ0n) is 11.2. The number of halogens is 1. The molecule has 0 aliphatic heterocycles. The Kier molecular flexibility index (Phi) is 4.47. The highest BCUT2D eigenvalue weighted by Crippen LogP contribution is 2.33. The van der Waals surface area contributed by atoms with Gasteiger partial charge in [-0.25, -0.2) is 4.39 Å². The highest BCUT2D eigenvalue weighted by molar-refractivity contribution is 5.62. The van der Waals surface area contributed by atoms with Crippen LogP contribution >= 0.6 is 0 Å². The van der Waals surface area contributed by atoms with E-state index in [-0.39, 0.29) is 12.4 Å². The molecule has 0 saturated heterocycles. The monoisotopic (exact) mass is 268 g/mol. The van der Waals surface area contributed by atoms with Crippen LogP contribution in [-0.2, 0) is 0 Å². The summed E-state index contributed by atoms with van der Waals surface area (Å²) in [6, 6.07) is 2.84. The summed E-state index contributed by atoms with van der Waals surface area (Å²) in [5.74, 6) is 0.810. The first-order valence-electron chi connectivity index (χ1n) is 6.63. The summed E-state index contributed by atoms with van der Waals surface area (Å²) < 4.78 is 18.9. The van der Waals surface area contributed by atoms with Gasteiger partial charge in [0.25, 0.3) is 0 Å². The third kappa shape index (κ3) is 3.10. The maximum Gasteiger partial charge on any atom is 0.148 e. The van der Waals surface area contributed by atoms with Gasteiger partial charge in [0.05, 0.1) is 18.5 Å². The number of hydrogen-bond acceptors (Lipinski definition) is 4. The number of methoxy groups -OCH3 is 1. The molecule has 0 spiro atoms. The average molecular weight is 268 g/mol. The van der Waals surface area contributed by atoms with Crippen LogP contribution in [0, 0.1) is 17.7 Å². The van der Waals surface area contributed by atoms with E-state index in [9.17, 15) is 9.50 Å². The summed E-state index contributed by atoms with van der Waals surface area (Å²) in [7, 11) is 1.51. The predicted octanol–water partition coefficient (Wildman–Crippen LogP) is 2.24. The first kappa shape index (κ1) is 13.9. The molecule has 4 nitrogen and oxygen atoms in total. The van der Waals surface area contributed by atoms with E-state index in [0.29, 0.717) is 35.5 Å². The molecule has 0 bridgehead atoms. The predicted molar refractivity (Wildman–Crippen MR) is 73.8 cm³/mol. The largest absolute Gasteiger partial charge is 0.495 e. The summed E-state index contributed by atoms with van der Waals surface area (Å²) in [6.45, 7) is 0.870. The molecule has 19 heavy (non-hydrogen) atoms. The van der Waals surface area contributed by atoms with Crippen LogP contribution in [0.4, 0.5) is 15.8 Å². The minimum Gasteiger partial charge on any atom is -0.495 e. The van der Waals surface area contributed by atoms with Gasteiger partial charge in [0, 0.05) is 25.3 Å². The van der Waals surface area contributed by atoms with Gasteiger partial charge in [-0.05, 0) is 24.7 Å². The van der Waals surface area contributed by atoms with Crippen LogP contribution in [0.5, 0.6) is 5.75 Å². The Morgan fingerprint density at radius 1 is 1.42 bits per heavy atom. The molecule has 2 unspecified atom stereocenters. The van der Waals surface area contributed by atoms with Crippen LogP contribution in [0.2, 0.25) is 0 Å². The molecule has 0 aromatic heterocycles. The number of hydrogen-bond donors (Lipinski definition) is 3. The van der Waals surface area contributed by atoms with Crippen molar-refractivity contribution in [2.45, 2.75) is 19.3 Å². The topological polar surface area (TPSA) is 67.5 Å². The van der Waals surface area contributed by atoms with Crippen molar-refractivity contribution in [2.75, 3.05) is 31.3 Å². The van der Waals surface area contributed by atoms with Crippen molar-refractivity contribution in [2.24, 2.45) is 11.8 Å². The van der Waals surface area contributed by atoms with Crippen molar-refractivity contribution in [3.8, 4) is 5.75 Å². The van der Waals surface area contributed by atoms with E-state index in [0.717, 1.165) is 19.3 Å². The summed E-state index contributed by atoms with van der Waals surface area (Å²) in [5, 5.41) is 12.4. The second kappa shape index (κ2) is 6.10. The van der Waals surface area contributed by atoms with Crippen LogP contribution < -0.4 is 15.8 Å². The second-order valence-electron chi connectivity index (χ2n) is 5.09. The van der Waals surface area contributed by atoms with E-state index < -0.39 is 0 Å². The smallest absolute Gasteiger partial charge is 0.148 e. The lowest BCUT2D eigenvalue weighted by molar-refractivity contribution is 0.199. The first-order valence-corrected chi connectivity index (χ1v) is 6.63. The molecule has 1 aliphatic rings. The molecule has 1 aliphatic carbocycles. The molecular weight excluding hydrogens is 247 g/mol. The van der Waals surface area contributed by atoms with Crippen molar-refractivity contribution in [3.05, 3.63) is 17.9 Å². The minimum atomic E-state index is -0.378. The average Bonchev–Trinajstić information content (AvgIpc) is 2.85. The van der Waals surface area contributed by atoms with Crippen molar-refractivity contribution in [1.29, 1.82) is 0 Å². The highest BCUT2D eigenvalue weighted by atomic mass is 19.1. The molecule has 1 fully saturated rings. The van der Waals surface area contributed by atoms with E-state index in [1.54, 1.807) is 6.07 Å². The lowest BCUT2D eigenvalue weighted by atomic mass is 9.97. The Morgan fingerprint density at radius 2 is 2.16 bits per heavy atom. The van der Waals surface area contributed by atoms with Gasteiger partial charge in [0.1, 0.15) is 11.6 Å². The standard InChI is InChI=1S/C14H21FN2O2/c1-19-14-6-13(11(15)5-12(14)16)17-7-9-3-2-4-10(9)8-18/h5-6,9-10,17-18H,2-4,7-8,16H2,1H3. The molecule has 1 aromatic carbocycles. The normalized spacial score (nSPS) is 22.5. The van der Waals surface area contributed by atoms with E-state index in [1.807, 2.05) is 0 Å². The Labute approximate surface area is 112 Å². The van der Waals surface area contributed by atoms with Gasteiger partial charge in [0.2, 0.25) is 0 Å². The summed E-state index contributed by atoms with van der Waals surface area (Å²) in [5.41, 5.74) is 6.33. The Morgan fingerprint density at radius 3 is 2.84 bits per heavy atom. The molecule has 106 valence electrons. The fourth-order valence-corrected chi connectivity index (χ4v) is 2.74. The minimum absolute atomic E-state index is 0.208. The van der Waals surface area contributed by atoms with Gasteiger partial charge in [-0.2, -0.15) is 0 Å². The Balaban J connectivity index is 2.03. The fraction of sp³-hybridized carbons (Fsp3) is 0.571. The van der Waals surface area contributed by atoms with E-state index in [4.69, 9.17) is 10.5 Å². The number of benzene rings is 1. The summed E-state index contributed by atoms with van der Waals surface area (Å²) in [4.78, 5) is 0. The van der Waals surface area contributed by atoms with Crippen molar-refractivity contribution >= 4 is 11.4 Å². The number of nitrogens with one attached hydrogen (secondary N) is 1. The highest BCUT2D eigenvalue weighted by Gasteiger charge is 2.26. The molecule has 2 atom stereocenters. The van der Waals surface area contributed by atoms with Gasteiger partial charge in [-0.15, -0.1) is 0 Å². The van der Waals surface area contributed by atoms with Crippen LogP contribution in [0.25, 0.3) is 0 Å². The number of aliphatic hydroxyl groups excluding tert-OH is 1. The second-order valence-corrected chi connectivity index (χ2v) is 5.09. The van der Waals surface area contributed by atoms with Gasteiger partial charge in [0.15, 0.2) is 0 Å². The van der Waals surface area contributed by atoms with Gasteiger partial charge < -0.3 is 20.9 Å². The van der Waals surface area contributed by atoms with Crippen LogP contribution in [0.1, 0.15) is 19.3 Å². The maximum absolute atomic E-state index is 13.8.